The van der Waals surface area contributed by atoms with Crippen molar-refractivity contribution in [2.45, 2.75) is 32.9 Å². The van der Waals surface area contributed by atoms with E-state index in [-0.39, 0.29) is 0 Å². The lowest BCUT2D eigenvalue weighted by molar-refractivity contribution is -0.123. The summed E-state index contributed by atoms with van der Waals surface area (Å²) >= 11 is 0. The topological polar surface area (TPSA) is 104 Å². The molecule has 0 atom stereocenters. The summed E-state index contributed by atoms with van der Waals surface area (Å²) in [6.45, 7) is 4.58. The number of halogens is 1. The van der Waals surface area contributed by atoms with Gasteiger partial charge in [-0.3, -0.25) is 19.1 Å². The van der Waals surface area contributed by atoms with Crippen LogP contribution in [0.3, 0.4) is 0 Å². The molecule has 0 aliphatic rings. The van der Waals surface area contributed by atoms with Crippen LogP contribution in [0.25, 0.3) is 0 Å². The number of nitrogens with zero attached hydrogens (tertiary/aromatic N) is 1. The Morgan fingerprint density at radius 2 is 2.00 bits per heavy atom. The van der Waals surface area contributed by atoms with Crippen LogP contribution in [-0.4, -0.2) is 26.1 Å². The van der Waals surface area contributed by atoms with Crippen molar-refractivity contribution in [1.29, 1.82) is 0 Å². The van der Waals surface area contributed by atoms with E-state index in [4.69, 9.17) is 0 Å². The van der Waals surface area contributed by atoms with E-state index in [2.05, 4.69) is 5.32 Å². The Bertz CT molecular complexity index is 582. The van der Waals surface area contributed by atoms with E-state index in [0.29, 0.717) is 4.57 Å². The lowest BCUT2D eigenvalue weighted by atomic mass is 10.1. The van der Waals surface area contributed by atoms with Crippen molar-refractivity contribution in [3.8, 4) is 5.88 Å². The standard InChI is InChI=1S/C10H14FN3O4/c1-10(2,3)13-5(15)4-14-8(17)6(11)7(16)12-9(14)18/h17H,4H2,1-3H3,(H,13,15)(H,12,16,18). The highest BCUT2D eigenvalue weighted by Crippen LogP contribution is 2.07. The zero-order valence-electron chi connectivity index (χ0n) is 10.2. The van der Waals surface area contributed by atoms with Crippen molar-refractivity contribution < 1.29 is 14.3 Å². The summed E-state index contributed by atoms with van der Waals surface area (Å²) < 4.78 is 13.5. The normalized spacial score (nSPS) is 11.3. The molecule has 0 saturated carbocycles. The summed E-state index contributed by atoms with van der Waals surface area (Å²) in [6.07, 6.45) is 0. The summed E-state index contributed by atoms with van der Waals surface area (Å²) in [7, 11) is 0. The second-order valence-electron chi connectivity index (χ2n) is 4.78. The summed E-state index contributed by atoms with van der Waals surface area (Å²) in [6, 6.07) is 0. The summed E-state index contributed by atoms with van der Waals surface area (Å²) in [5.74, 6) is -3.25. The molecule has 18 heavy (non-hydrogen) atoms. The molecule has 8 heteroatoms. The van der Waals surface area contributed by atoms with Gasteiger partial charge in [0.1, 0.15) is 6.54 Å². The van der Waals surface area contributed by atoms with Crippen molar-refractivity contribution >= 4 is 5.91 Å². The lowest BCUT2D eigenvalue weighted by Gasteiger charge is -2.20. The molecule has 0 bridgehead atoms. The van der Waals surface area contributed by atoms with Gasteiger partial charge in [-0.15, -0.1) is 0 Å². The zero-order valence-corrected chi connectivity index (χ0v) is 10.2. The minimum absolute atomic E-state index is 0.442. The first-order chi connectivity index (χ1) is 8.11. The second-order valence-corrected chi connectivity index (χ2v) is 4.78. The lowest BCUT2D eigenvalue weighted by Crippen LogP contribution is -2.44. The van der Waals surface area contributed by atoms with E-state index in [9.17, 15) is 23.9 Å². The molecule has 7 nitrogen and oxygen atoms in total. The smallest absolute Gasteiger partial charge is 0.331 e. The molecule has 0 fully saturated rings. The van der Waals surface area contributed by atoms with Crippen LogP contribution in [0.1, 0.15) is 20.8 Å². The Kier molecular flexibility index (Phi) is 3.59. The monoisotopic (exact) mass is 259 g/mol. The van der Waals surface area contributed by atoms with Gasteiger partial charge in [0.25, 0.3) is 5.56 Å². The number of aromatic hydroxyl groups is 1. The third kappa shape index (κ3) is 3.19. The Morgan fingerprint density at radius 1 is 1.44 bits per heavy atom. The van der Waals surface area contributed by atoms with Gasteiger partial charge < -0.3 is 10.4 Å². The van der Waals surface area contributed by atoms with Gasteiger partial charge >= 0.3 is 5.69 Å². The zero-order chi connectivity index (χ0) is 14.1. The molecule has 1 heterocycles. The number of H-pyrrole nitrogens is 1. The van der Waals surface area contributed by atoms with Gasteiger partial charge in [0.2, 0.25) is 17.6 Å². The van der Waals surface area contributed by atoms with Gasteiger partial charge in [-0.1, -0.05) is 0 Å². The van der Waals surface area contributed by atoms with Crippen molar-refractivity contribution in [3.63, 3.8) is 0 Å². The molecule has 0 aromatic carbocycles. The summed E-state index contributed by atoms with van der Waals surface area (Å²) in [5, 5.41) is 11.8. The van der Waals surface area contributed by atoms with E-state index < -0.39 is 40.9 Å². The van der Waals surface area contributed by atoms with Crippen LogP contribution >= 0.6 is 0 Å². The van der Waals surface area contributed by atoms with Crippen LogP contribution in [0, 0.1) is 5.82 Å². The number of hydrogen-bond donors (Lipinski definition) is 3. The van der Waals surface area contributed by atoms with Gasteiger partial charge in [-0.2, -0.15) is 4.39 Å². The first-order valence-corrected chi connectivity index (χ1v) is 5.14. The van der Waals surface area contributed by atoms with Crippen molar-refractivity contribution in [2.24, 2.45) is 0 Å². The van der Waals surface area contributed by atoms with E-state index in [0.717, 1.165) is 0 Å². The van der Waals surface area contributed by atoms with E-state index in [1.54, 1.807) is 25.8 Å². The molecule has 100 valence electrons. The fourth-order valence-electron chi connectivity index (χ4n) is 1.28. The van der Waals surface area contributed by atoms with Crippen LogP contribution in [0.2, 0.25) is 0 Å². The van der Waals surface area contributed by atoms with Crippen LogP contribution in [0.4, 0.5) is 4.39 Å². The highest BCUT2D eigenvalue weighted by Gasteiger charge is 2.18. The van der Waals surface area contributed by atoms with Gasteiger partial charge in [-0.05, 0) is 20.8 Å². The van der Waals surface area contributed by atoms with Crippen molar-refractivity contribution in [2.75, 3.05) is 0 Å². The maximum absolute atomic E-state index is 13.1. The van der Waals surface area contributed by atoms with Gasteiger partial charge in [0.15, 0.2) is 0 Å². The van der Waals surface area contributed by atoms with E-state index in [1.807, 2.05) is 0 Å². The average Bonchev–Trinajstić information content (AvgIpc) is 2.19. The SMILES string of the molecule is CC(C)(C)NC(=O)Cn1c(O)c(F)c(=O)[nH]c1=O. The number of aromatic nitrogens is 2. The maximum atomic E-state index is 13.1. The largest absolute Gasteiger partial charge is 0.492 e. The molecular weight excluding hydrogens is 245 g/mol. The molecular formula is C10H14FN3O4. The minimum atomic E-state index is -1.50. The van der Waals surface area contributed by atoms with E-state index >= 15 is 0 Å². The quantitative estimate of drug-likeness (QED) is 0.653. The third-order valence-electron chi connectivity index (χ3n) is 1.93. The highest BCUT2D eigenvalue weighted by molar-refractivity contribution is 5.76. The van der Waals surface area contributed by atoms with Gasteiger partial charge in [0.05, 0.1) is 0 Å². The summed E-state index contributed by atoms with van der Waals surface area (Å²) in [4.78, 5) is 35.3. The molecule has 0 radical (unpaired) electrons. The van der Waals surface area contributed by atoms with Crippen LogP contribution in [0.15, 0.2) is 9.59 Å². The molecule has 1 aromatic rings. The first kappa shape index (κ1) is 13.9. The number of carbonyl (C=O) groups is 1. The fourth-order valence-corrected chi connectivity index (χ4v) is 1.28. The molecule has 1 amide bonds. The number of rotatable bonds is 2. The molecule has 0 unspecified atom stereocenters. The number of carbonyl (C=O) groups excluding carboxylic acids is 1. The number of aromatic amines is 1. The number of amides is 1. The predicted molar refractivity (Wildman–Crippen MR) is 60.8 cm³/mol. The van der Waals surface area contributed by atoms with Crippen LogP contribution < -0.4 is 16.6 Å². The Labute approximate surface area is 101 Å². The molecule has 0 aliphatic heterocycles. The summed E-state index contributed by atoms with van der Waals surface area (Å²) in [5.41, 5.74) is -2.91. The predicted octanol–water partition coefficient (Wildman–Crippen LogP) is -0.704. The van der Waals surface area contributed by atoms with Crippen molar-refractivity contribution in [1.82, 2.24) is 14.9 Å². The second kappa shape index (κ2) is 4.63. The molecule has 0 aliphatic carbocycles. The third-order valence-corrected chi connectivity index (χ3v) is 1.93. The van der Waals surface area contributed by atoms with E-state index in [1.165, 1.54) is 0 Å². The molecule has 1 rings (SSSR count). The first-order valence-electron chi connectivity index (χ1n) is 5.14. The Morgan fingerprint density at radius 3 is 2.50 bits per heavy atom. The van der Waals surface area contributed by atoms with Crippen LogP contribution in [-0.2, 0) is 11.3 Å². The fraction of sp³-hybridized carbons (Fsp3) is 0.500. The molecule has 0 saturated heterocycles. The van der Waals surface area contributed by atoms with Crippen LogP contribution in [0.5, 0.6) is 5.88 Å². The highest BCUT2D eigenvalue weighted by atomic mass is 19.1. The Hall–Kier alpha value is -2.12. The maximum Gasteiger partial charge on any atom is 0.331 e. The van der Waals surface area contributed by atoms with Gasteiger partial charge in [0, 0.05) is 5.54 Å². The minimum Gasteiger partial charge on any atom is -0.492 e. The van der Waals surface area contributed by atoms with Gasteiger partial charge in [-0.25, -0.2) is 4.79 Å². The molecule has 0 spiro atoms. The average molecular weight is 259 g/mol. The molecule has 3 N–H and O–H groups in total. The number of nitrogens with one attached hydrogen (secondary N) is 2. The number of hydrogen-bond acceptors (Lipinski definition) is 4. The molecule has 1 aromatic heterocycles. The Balaban J connectivity index is 3.07. The van der Waals surface area contributed by atoms with Crippen molar-refractivity contribution in [3.05, 3.63) is 26.7 Å².